The van der Waals surface area contributed by atoms with Crippen molar-refractivity contribution in [3.8, 4) is 0 Å². The molecule has 5 nitrogen and oxygen atoms in total. The van der Waals surface area contributed by atoms with Gasteiger partial charge in [-0.3, -0.25) is 0 Å². The lowest BCUT2D eigenvalue weighted by Gasteiger charge is -2.41. The zero-order valence-electron chi connectivity index (χ0n) is 19.7. The zero-order chi connectivity index (χ0) is 21.2. The normalized spacial score (nSPS) is 19.3. The average molecular weight is 455 g/mol. The van der Waals surface area contributed by atoms with Gasteiger partial charge >= 0.3 is 17.1 Å². The van der Waals surface area contributed by atoms with E-state index in [2.05, 4.69) is 52.8 Å². The Labute approximate surface area is 174 Å². The molecule has 0 amide bonds. The molecule has 1 aliphatic heterocycles. The number of rotatable bonds is 13. The zero-order valence-corrected chi connectivity index (χ0v) is 24.1. The van der Waals surface area contributed by atoms with Crippen molar-refractivity contribution in [1.29, 1.82) is 0 Å². The lowest BCUT2D eigenvalue weighted by Crippen LogP contribution is -2.54. The average Bonchev–Trinajstić information content (AvgIpc) is 2.48. The highest BCUT2D eigenvalue weighted by atomic mass is 28.5. The van der Waals surface area contributed by atoms with E-state index >= 15 is 0 Å². The molecule has 0 spiro atoms. The summed E-state index contributed by atoms with van der Waals surface area (Å²) >= 11 is 0. The lowest BCUT2D eigenvalue weighted by atomic mass is 9.84. The molecule has 27 heavy (non-hydrogen) atoms. The van der Waals surface area contributed by atoms with Crippen LogP contribution in [0.4, 0.5) is 0 Å². The van der Waals surface area contributed by atoms with Crippen LogP contribution in [0, 0.1) is 5.41 Å². The van der Waals surface area contributed by atoms with Crippen LogP contribution in [-0.4, -0.2) is 61.6 Å². The Morgan fingerprint density at radius 1 is 1.00 bits per heavy atom. The van der Waals surface area contributed by atoms with Crippen LogP contribution in [0.2, 0.25) is 51.9 Å². The second-order valence-corrected chi connectivity index (χ2v) is 21.9. The van der Waals surface area contributed by atoms with Gasteiger partial charge < -0.3 is 21.8 Å². The molecule has 1 rings (SSSR count). The first-order chi connectivity index (χ1) is 12.4. The van der Waals surface area contributed by atoms with Crippen molar-refractivity contribution >= 4 is 35.2 Å². The molecule has 0 aromatic heterocycles. The maximum atomic E-state index is 6.57. The summed E-state index contributed by atoms with van der Waals surface area (Å²) in [5, 5.41) is 0. The molecule has 1 heterocycles. The van der Waals surface area contributed by atoms with Crippen LogP contribution >= 0.6 is 0 Å². The molecule has 1 saturated heterocycles. The molecule has 0 aromatic carbocycles. The first-order valence-electron chi connectivity index (χ1n) is 10.6. The number of hydrogen-bond donors (Lipinski definition) is 0. The summed E-state index contributed by atoms with van der Waals surface area (Å²) in [6.45, 7) is 24.9. The fourth-order valence-corrected chi connectivity index (χ4v) is 18.3. The van der Waals surface area contributed by atoms with Crippen LogP contribution in [0.15, 0.2) is 0 Å². The van der Waals surface area contributed by atoms with E-state index in [-0.39, 0.29) is 5.41 Å². The van der Waals surface area contributed by atoms with Crippen molar-refractivity contribution in [3.63, 3.8) is 0 Å². The molecule has 1 aliphatic rings. The van der Waals surface area contributed by atoms with Crippen molar-refractivity contribution in [2.24, 2.45) is 5.41 Å². The highest BCUT2D eigenvalue weighted by Crippen LogP contribution is 2.31. The lowest BCUT2D eigenvalue weighted by molar-refractivity contribution is -0.150. The summed E-state index contributed by atoms with van der Waals surface area (Å²) in [5.41, 5.74) is 0.264. The molecule has 1 atom stereocenters. The summed E-state index contributed by atoms with van der Waals surface area (Å²) in [7, 11) is -6.44. The summed E-state index contributed by atoms with van der Waals surface area (Å²) in [4.78, 5) is 0. The molecule has 0 bridgehead atoms. The first-order valence-corrected chi connectivity index (χ1v) is 21.4. The van der Waals surface area contributed by atoms with E-state index in [0.717, 1.165) is 45.3 Å². The predicted octanol–water partition coefficient (Wildman–Crippen LogP) is 4.64. The third-order valence-corrected chi connectivity index (χ3v) is 17.4. The largest absolute Gasteiger partial charge is 0.442 e. The predicted molar refractivity (Wildman–Crippen MR) is 125 cm³/mol. The van der Waals surface area contributed by atoms with Gasteiger partial charge in [-0.05, 0) is 58.2 Å². The Balaban J connectivity index is 0.00000326. The van der Waals surface area contributed by atoms with Crippen molar-refractivity contribution in [3.05, 3.63) is 0 Å². The van der Waals surface area contributed by atoms with E-state index in [4.69, 9.17) is 21.8 Å². The molecule has 164 valence electrons. The Kier molecular flexibility index (Phi) is 12.7. The maximum absolute atomic E-state index is 6.57. The molecular weight excluding hydrogens is 409 g/mol. The molecule has 0 aliphatic carbocycles. The second kappa shape index (κ2) is 12.4. The first kappa shape index (κ1) is 27.7. The minimum Gasteiger partial charge on any atom is -0.442 e. The van der Waals surface area contributed by atoms with Crippen LogP contribution in [0.5, 0.6) is 0 Å². The summed E-state index contributed by atoms with van der Waals surface area (Å²) in [5.74, 6) is 0. The van der Waals surface area contributed by atoms with Crippen LogP contribution in [-0.2, 0) is 21.8 Å². The highest BCUT2D eigenvalue weighted by molar-refractivity contribution is 6.87. The van der Waals surface area contributed by atoms with Gasteiger partial charge in [0.25, 0.3) is 0 Å². The molecule has 0 saturated carbocycles. The maximum Gasteiger partial charge on any atom is 0.315 e. The Morgan fingerprint density at radius 3 is 2.00 bits per heavy atom. The molecular formula is C18H46O5Si4. The van der Waals surface area contributed by atoms with Gasteiger partial charge in [0.05, 0.1) is 19.8 Å². The smallest absolute Gasteiger partial charge is 0.315 e. The fraction of sp³-hybridized carbons (Fsp3) is 1.00. The molecule has 9 heteroatoms. The monoisotopic (exact) mass is 454 g/mol. The second-order valence-electron chi connectivity index (χ2n) is 8.79. The van der Waals surface area contributed by atoms with E-state index in [0.29, 0.717) is 0 Å². The van der Waals surface area contributed by atoms with E-state index in [9.17, 15) is 0 Å². The summed E-state index contributed by atoms with van der Waals surface area (Å²) in [6.07, 6.45) is 2.11. The Morgan fingerprint density at radius 2 is 1.59 bits per heavy atom. The standard InChI is InChI=1S/C16H40O5Si4.C2H6/c1-9-16(14-18-15-16)13-17-11-10-12-25(8,20-23(3,4)5)21-24(6,7)19-22-2;1-2/h9-15,22H2,1-8H3;1-2H3. The van der Waals surface area contributed by atoms with Crippen molar-refractivity contribution < 1.29 is 21.8 Å². The molecule has 1 unspecified atom stereocenters. The molecule has 0 aromatic rings. The molecule has 1 fully saturated rings. The van der Waals surface area contributed by atoms with E-state index in [1.54, 1.807) is 0 Å². The number of ether oxygens (including phenoxy) is 2. The van der Waals surface area contributed by atoms with Gasteiger partial charge in [-0.15, -0.1) is 0 Å². The SMILES string of the molecule is CC.CCC1(COCCC[Si](C)(O[Si](C)(C)C)O[Si](C)(C)O[SiH2]C)COC1. The summed E-state index contributed by atoms with van der Waals surface area (Å²) < 4.78 is 30.5. The fourth-order valence-electron chi connectivity index (χ4n) is 3.23. The van der Waals surface area contributed by atoms with E-state index in [1.807, 2.05) is 13.8 Å². The van der Waals surface area contributed by atoms with Gasteiger partial charge in [-0.25, -0.2) is 0 Å². The number of hydrogen-bond acceptors (Lipinski definition) is 5. The van der Waals surface area contributed by atoms with Crippen molar-refractivity contribution in [1.82, 2.24) is 0 Å². The van der Waals surface area contributed by atoms with E-state index in [1.165, 1.54) is 0 Å². The Hall–Kier alpha value is 0.668. The molecule has 0 N–H and O–H groups in total. The van der Waals surface area contributed by atoms with Crippen LogP contribution in [0.3, 0.4) is 0 Å². The van der Waals surface area contributed by atoms with Gasteiger partial charge in [-0.1, -0.05) is 27.3 Å². The highest BCUT2D eigenvalue weighted by Gasteiger charge is 2.42. The van der Waals surface area contributed by atoms with Crippen LogP contribution in [0.1, 0.15) is 33.6 Å². The van der Waals surface area contributed by atoms with Gasteiger partial charge in [0.1, 0.15) is 9.76 Å². The van der Waals surface area contributed by atoms with Gasteiger partial charge in [-0.2, -0.15) is 0 Å². The van der Waals surface area contributed by atoms with Crippen LogP contribution in [0.25, 0.3) is 0 Å². The topological polar surface area (TPSA) is 46.2 Å². The van der Waals surface area contributed by atoms with Gasteiger partial charge in [0.15, 0.2) is 8.32 Å². The van der Waals surface area contributed by atoms with Crippen molar-refractivity contribution in [2.45, 2.75) is 85.5 Å². The third kappa shape index (κ3) is 11.4. The van der Waals surface area contributed by atoms with Crippen molar-refractivity contribution in [2.75, 3.05) is 26.4 Å². The van der Waals surface area contributed by atoms with Crippen LogP contribution < -0.4 is 0 Å². The third-order valence-electron chi connectivity index (χ3n) is 4.37. The molecule has 0 radical (unpaired) electrons. The minimum absolute atomic E-state index is 0.264. The van der Waals surface area contributed by atoms with Gasteiger partial charge in [0, 0.05) is 12.0 Å². The van der Waals surface area contributed by atoms with E-state index < -0.39 is 35.2 Å². The Bertz CT molecular complexity index is 394. The quantitative estimate of drug-likeness (QED) is 0.300. The minimum atomic E-state index is -2.24. The summed E-state index contributed by atoms with van der Waals surface area (Å²) in [6, 6.07) is 0.970. The van der Waals surface area contributed by atoms with Gasteiger partial charge in [0.2, 0.25) is 0 Å².